The van der Waals surface area contributed by atoms with Crippen LogP contribution < -0.4 is 0 Å². The molecule has 0 aromatic carbocycles. The summed E-state index contributed by atoms with van der Waals surface area (Å²) in [7, 11) is 1.54. The largest absolute Gasteiger partial charge is 0.377 e. The Bertz CT molecular complexity index is 487. The Morgan fingerprint density at radius 2 is 2.33 bits per heavy atom. The lowest BCUT2D eigenvalue weighted by atomic mass is 10.4. The van der Waals surface area contributed by atoms with Crippen LogP contribution in [0.25, 0.3) is 5.78 Å². The van der Waals surface area contributed by atoms with Crippen LogP contribution in [0.15, 0.2) is 11.1 Å². The van der Waals surface area contributed by atoms with Gasteiger partial charge in [0.25, 0.3) is 5.78 Å². The number of halogens is 1. The molecule has 2 aromatic rings. The van der Waals surface area contributed by atoms with Gasteiger partial charge in [-0.15, -0.1) is 5.10 Å². The van der Waals surface area contributed by atoms with Crippen LogP contribution in [0.5, 0.6) is 0 Å². The van der Waals surface area contributed by atoms with Crippen molar-refractivity contribution in [3.05, 3.63) is 17.6 Å². The van der Waals surface area contributed by atoms with Gasteiger partial charge in [0, 0.05) is 7.11 Å². The third-order valence-corrected chi connectivity index (χ3v) is 2.08. The number of fused-ring (bicyclic) bond motifs is 1. The first-order valence-corrected chi connectivity index (χ1v) is 4.63. The van der Waals surface area contributed by atoms with E-state index in [0.717, 1.165) is 0 Å². The minimum atomic E-state index is -0.660. The highest BCUT2D eigenvalue weighted by atomic mass is 32.1. The van der Waals surface area contributed by atoms with Gasteiger partial charge in [-0.2, -0.15) is 9.50 Å². The van der Waals surface area contributed by atoms with Crippen LogP contribution in [0.4, 0.5) is 4.39 Å². The van der Waals surface area contributed by atoms with E-state index in [2.05, 4.69) is 15.1 Å². The number of alkyl halides is 1. The van der Waals surface area contributed by atoms with Gasteiger partial charge in [0.05, 0.1) is 5.69 Å². The zero-order valence-corrected chi connectivity index (χ0v) is 8.79. The van der Waals surface area contributed by atoms with Gasteiger partial charge in [-0.05, 0) is 6.07 Å². The van der Waals surface area contributed by atoms with Crippen LogP contribution in [-0.2, 0) is 18.0 Å². The van der Waals surface area contributed by atoms with Gasteiger partial charge in [0.15, 0.2) is 5.82 Å². The SMILES string of the molecule is COCc1nc2nc(CF)cc([S])n2n1. The quantitative estimate of drug-likeness (QED) is 0.741. The second kappa shape index (κ2) is 4.03. The summed E-state index contributed by atoms with van der Waals surface area (Å²) < 4.78 is 18.7. The molecule has 0 bridgehead atoms. The molecule has 2 rings (SSSR count). The molecule has 0 fully saturated rings. The third-order valence-electron chi connectivity index (χ3n) is 1.79. The molecule has 0 unspecified atom stereocenters. The molecule has 0 aliphatic heterocycles. The van der Waals surface area contributed by atoms with Crippen molar-refractivity contribution >= 4 is 18.4 Å². The average Bonchev–Trinajstić information content (AvgIpc) is 2.61. The summed E-state index contributed by atoms with van der Waals surface area (Å²) >= 11 is 5.02. The molecule has 0 atom stereocenters. The van der Waals surface area contributed by atoms with E-state index in [1.165, 1.54) is 10.6 Å². The Kier molecular flexibility index (Phi) is 2.74. The highest BCUT2D eigenvalue weighted by Crippen LogP contribution is 2.11. The Hall–Kier alpha value is -1.34. The summed E-state index contributed by atoms with van der Waals surface area (Å²) in [5, 5.41) is 4.46. The molecular weight excluding hydrogens is 219 g/mol. The summed E-state index contributed by atoms with van der Waals surface area (Å²) in [6.07, 6.45) is 0. The van der Waals surface area contributed by atoms with E-state index >= 15 is 0 Å². The van der Waals surface area contributed by atoms with Gasteiger partial charge in [0.1, 0.15) is 18.3 Å². The highest BCUT2D eigenvalue weighted by Gasteiger charge is 2.09. The molecule has 0 spiro atoms. The molecule has 1 radical (unpaired) electrons. The lowest BCUT2D eigenvalue weighted by Crippen LogP contribution is -1.97. The van der Waals surface area contributed by atoms with Crippen molar-refractivity contribution in [1.29, 1.82) is 0 Å². The van der Waals surface area contributed by atoms with Gasteiger partial charge in [-0.25, -0.2) is 9.37 Å². The van der Waals surface area contributed by atoms with E-state index in [1.807, 2.05) is 0 Å². The molecule has 15 heavy (non-hydrogen) atoms. The first kappa shape index (κ1) is 10.2. The first-order chi connectivity index (χ1) is 7.24. The van der Waals surface area contributed by atoms with Crippen LogP contribution >= 0.6 is 12.6 Å². The molecule has 7 heteroatoms. The molecule has 79 valence electrons. The summed E-state index contributed by atoms with van der Waals surface area (Å²) in [4.78, 5) is 8.00. The van der Waals surface area contributed by atoms with E-state index in [9.17, 15) is 4.39 Å². The molecule has 0 N–H and O–H groups in total. The molecular formula is C8H8FN4OS. The zero-order valence-electron chi connectivity index (χ0n) is 7.97. The van der Waals surface area contributed by atoms with E-state index in [0.29, 0.717) is 16.6 Å². The molecule has 5 nitrogen and oxygen atoms in total. The fraction of sp³-hybridized carbons (Fsp3) is 0.375. The summed E-state index contributed by atoms with van der Waals surface area (Å²) in [5.41, 5.74) is 0.267. The van der Waals surface area contributed by atoms with Crippen molar-refractivity contribution in [3.63, 3.8) is 0 Å². The predicted molar refractivity (Wildman–Crippen MR) is 52.2 cm³/mol. The zero-order chi connectivity index (χ0) is 10.8. The van der Waals surface area contributed by atoms with Gasteiger partial charge in [0.2, 0.25) is 0 Å². The van der Waals surface area contributed by atoms with E-state index in [4.69, 9.17) is 17.4 Å². The second-order valence-electron chi connectivity index (χ2n) is 2.89. The number of ether oxygens (including phenoxy) is 1. The smallest absolute Gasteiger partial charge is 0.254 e. The Labute approximate surface area is 90.7 Å². The Morgan fingerprint density at radius 3 is 3.00 bits per heavy atom. The molecule has 2 heterocycles. The van der Waals surface area contributed by atoms with Crippen molar-refractivity contribution in [1.82, 2.24) is 19.6 Å². The molecule has 0 saturated carbocycles. The fourth-order valence-electron chi connectivity index (χ4n) is 1.19. The normalized spacial score (nSPS) is 11.1. The van der Waals surface area contributed by atoms with Crippen molar-refractivity contribution < 1.29 is 9.13 Å². The van der Waals surface area contributed by atoms with E-state index < -0.39 is 6.67 Å². The topological polar surface area (TPSA) is 52.3 Å². The third kappa shape index (κ3) is 1.88. The lowest BCUT2D eigenvalue weighted by Gasteiger charge is -1.96. The standard InChI is InChI=1S/C8H8FN4OS/c1-14-4-6-11-8-10-5(3-9)2-7(15)13(8)12-6/h2H,3-4H2,1H3. The number of rotatable bonds is 3. The van der Waals surface area contributed by atoms with Crippen LogP contribution in [0, 0.1) is 0 Å². The van der Waals surface area contributed by atoms with Crippen molar-refractivity contribution in [2.24, 2.45) is 0 Å². The van der Waals surface area contributed by atoms with E-state index in [1.54, 1.807) is 7.11 Å². The number of aromatic nitrogens is 4. The van der Waals surface area contributed by atoms with Gasteiger partial charge in [-0.3, -0.25) is 0 Å². The minimum absolute atomic E-state index is 0.267. The number of methoxy groups -OCH3 is 1. The maximum atomic E-state index is 12.4. The van der Waals surface area contributed by atoms with Crippen molar-refractivity contribution in [3.8, 4) is 0 Å². The minimum Gasteiger partial charge on any atom is -0.377 e. The van der Waals surface area contributed by atoms with Gasteiger partial charge < -0.3 is 4.74 Å². The van der Waals surface area contributed by atoms with E-state index in [-0.39, 0.29) is 12.3 Å². The van der Waals surface area contributed by atoms with Crippen LogP contribution in [-0.4, -0.2) is 26.7 Å². The van der Waals surface area contributed by atoms with Crippen LogP contribution in [0.2, 0.25) is 0 Å². The lowest BCUT2D eigenvalue weighted by molar-refractivity contribution is 0.178. The average molecular weight is 227 g/mol. The maximum Gasteiger partial charge on any atom is 0.254 e. The number of hydrogen-bond donors (Lipinski definition) is 0. The number of hydrogen-bond acceptors (Lipinski definition) is 4. The molecule has 2 aromatic heterocycles. The molecule has 0 aliphatic carbocycles. The molecule has 0 saturated heterocycles. The van der Waals surface area contributed by atoms with Crippen LogP contribution in [0.3, 0.4) is 0 Å². The number of nitrogens with zero attached hydrogens (tertiary/aromatic N) is 4. The van der Waals surface area contributed by atoms with Crippen molar-refractivity contribution in [2.75, 3.05) is 7.11 Å². The Balaban J connectivity index is 2.54. The molecule has 0 aliphatic rings. The van der Waals surface area contributed by atoms with Crippen LogP contribution in [0.1, 0.15) is 11.5 Å². The summed E-state index contributed by atoms with van der Waals surface area (Å²) in [5.74, 6) is 0.786. The second-order valence-corrected chi connectivity index (χ2v) is 3.31. The fourth-order valence-corrected chi connectivity index (χ4v) is 1.45. The maximum absolute atomic E-state index is 12.4. The van der Waals surface area contributed by atoms with Gasteiger partial charge >= 0.3 is 0 Å². The van der Waals surface area contributed by atoms with Crippen molar-refractivity contribution in [2.45, 2.75) is 18.3 Å². The monoisotopic (exact) mass is 227 g/mol. The van der Waals surface area contributed by atoms with Gasteiger partial charge in [-0.1, -0.05) is 12.6 Å². The Morgan fingerprint density at radius 1 is 1.53 bits per heavy atom. The predicted octanol–water partition coefficient (Wildman–Crippen LogP) is 1.30. The summed E-state index contributed by atoms with van der Waals surface area (Å²) in [6, 6.07) is 1.47. The summed E-state index contributed by atoms with van der Waals surface area (Å²) in [6.45, 7) is -0.379. The first-order valence-electron chi connectivity index (χ1n) is 4.22. The highest BCUT2D eigenvalue weighted by molar-refractivity contribution is 7.80. The molecule has 0 amide bonds.